The normalized spacial score (nSPS) is 19.0. The van der Waals surface area contributed by atoms with Crippen molar-refractivity contribution in [1.29, 1.82) is 0 Å². The molecule has 0 aromatic carbocycles. The van der Waals surface area contributed by atoms with Gasteiger partial charge in [-0.1, -0.05) is 13.8 Å². The lowest BCUT2D eigenvalue weighted by Crippen LogP contribution is -2.54. The number of rotatable bonds is 8. The Morgan fingerprint density at radius 1 is 1.17 bits per heavy atom. The molecular formula is C20H35N3O6. The van der Waals surface area contributed by atoms with E-state index in [0.29, 0.717) is 19.4 Å². The molecule has 9 heteroatoms. The van der Waals surface area contributed by atoms with Crippen LogP contribution in [0.4, 0.5) is 4.79 Å². The molecule has 1 fully saturated rings. The molecule has 3 atom stereocenters. The Morgan fingerprint density at radius 3 is 2.34 bits per heavy atom. The molecule has 1 heterocycles. The van der Waals surface area contributed by atoms with E-state index in [2.05, 4.69) is 16.0 Å². The summed E-state index contributed by atoms with van der Waals surface area (Å²) in [5.41, 5.74) is -0.703. The van der Waals surface area contributed by atoms with Crippen LogP contribution in [0.1, 0.15) is 60.3 Å². The average molecular weight is 414 g/mol. The van der Waals surface area contributed by atoms with E-state index in [-0.39, 0.29) is 24.2 Å². The topological polar surface area (TPSA) is 123 Å². The number of hydrogen-bond acceptors (Lipinski definition) is 6. The second kappa shape index (κ2) is 11.0. The summed E-state index contributed by atoms with van der Waals surface area (Å²) in [6.07, 6.45) is 1.25. The van der Waals surface area contributed by atoms with Gasteiger partial charge < -0.3 is 25.4 Å². The van der Waals surface area contributed by atoms with Crippen molar-refractivity contribution in [3.05, 3.63) is 0 Å². The average Bonchev–Trinajstić information content (AvgIpc) is 2.59. The molecule has 1 aliphatic rings. The highest BCUT2D eigenvalue weighted by molar-refractivity contribution is 5.90. The van der Waals surface area contributed by atoms with Gasteiger partial charge in [-0.05, 0) is 52.4 Å². The largest absolute Gasteiger partial charge is 0.467 e. The van der Waals surface area contributed by atoms with Crippen LogP contribution < -0.4 is 16.0 Å². The van der Waals surface area contributed by atoms with Crippen molar-refractivity contribution in [2.24, 2.45) is 11.8 Å². The Morgan fingerprint density at radius 2 is 1.83 bits per heavy atom. The number of piperidine rings is 1. The predicted molar refractivity (Wildman–Crippen MR) is 107 cm³/mol. The summed E-state index contributed by atoms with van der Waals surface area (Å²) in [6.45, 7) is 9.63. The molecule has 1 saturated heterocycles. The number of hydrogen-bond donors (Lipinski definition) is 3. The van der Waals surface area contributed by atoms with Crippen LogP contribution >= 0.6 is 0 Å². The molecule has 0 aromatic rings. The van der Waals surface area contributed by atoms with Crippen molar-refractivity contribution in [2.45, 2.75) is 78.0 Å². The van der Waals surface area contributed by atoms with Gasteiger partial charge in [-0.2, -0.15) is 0 Å². The molecule has 9 nitrogen and oxygen atoms in total. The Kier molecular flexibility index (Phi) is 9.39. The summed E-state index contributed by atoms with van der Waals surface area (Å²) in [6, 6.07) is -1.85. The van der Waals surface area contributed by atoms with Gasteiger partial charge in [-0.15, -0.1) is 0 Å². The first-order valence-electron chi connectivity index (χ1n) is 10.1. The van der Waals surface area contributed by atoms with Crippen molar-refractivity contribution in [3.63, 3.8) is 0 Å². The number of carbonyl (C=O) groups excluding carboxylic acids is 4. The highest BCUT2D eigenvalue weighted by atomic mass is 16.6. The first kappa shape index (κ1) is 24.7. The van der Waals surface area contributed by atoms with E-state index >= 15 is 0 Å². The number of amides is 3. The Bertz CT molecular complexity index is 600. The lowest BCUT2D eigenvalue weighted by atomic mass is 9.91. The van der Waals surface area contributed by atoms with Crippen molar-refractivity contribution in [1.82, 2.24) is 16.0 Å². The fourth-order valence-corrected chi connectivity index (χ4v) is 3.13. The molecule has 0 aromatic heterocycles. The van der Waals surface area contributed by atoms with E-state index in [9.17, 15) is 19.2 Å². The lowest BCUT2D eigenvalue weighted by Gasteiger charge is -2.28. The maximum atomic E-state index is 12.8. The number of esters is 1. The molecular weight excluding hydrogens is 378 g/mol. The van der Waals surface area contributed by atoms with Gasteiger partial charge in [-0.3, -0.25) is 9.59 Å². The Balaban J connectivity index is 2.86. The molecule has 3 amide bonds. The van der Waals surface area contributed by atoms with Crippen LogP contribution in [0.25, 0.3) is 0 Å². The quantitative estimate of drug-likeness (QED) is 0.518. The van der Waals surface area contributed by atoms with E-state index in [4.69, 9.17) is 9.47 Å². The zero-order chi connectivity index (χ0) is 22.2. The second-order valence-corrected chi connectivity index (χ2v) is 8.78. The molecule has 0 aliphatic carbocycles. The van der Waals surface area contributed by atoms with Crippen LogP contribution in [0.5, 0.6) is 0 Å². The number of ether oxygens (including phenoxy) is 2. The summed E-state index contributed by atoms with van der Waals surface area (Å²) in [5.74, 6) is -1.55. The van der Waals surface area contributed by atoms with E-state index < -0.39 is 35.7 Å². The van der Waals surface area contributed by atoms with Crippen molar-refractivity contribution in [3.8, 4) is 0 Å². The molecule has 0 saturated carbocycles. The first-order chi connectivity index (χ1) is 13.4. The molecule has 1 unspecified atom stereocenters. The van der Waals surface area contributed by atoms with E-state index in [1.165, 1.54) is 7.11 Å². The SMILES string of the molecule is COC(=O)[C@H](CC1CCCNC1=O)NC(=O)[C@H](CC(C)C)NC(=O)OC(C)(C)C. The number of nitrogens with one attached hydrogen (secondary N) is 3. The minimum atomic E-state index is -0.976. The van der Waals surface area contributed by atoms with Crippen molar-refractivity contribution < 1.29 is 28.7 Å². The maximum absolute atomic E-state index is 12.8. The summed E-state index contributed by atoms with van der Waals surface area (Å²) >= 11 is 0. The minimum Gasteiger partial charge on any atom is -0.467 e. The molecule has 0 spiro atoms. The number of carbonyl (C=O) groups is 4. The van der Waals surface area contributed by atoms with Crippen molar-refractivity contribution in [2.75, 3.05) is 13.7 Å². The van der Waals surface area contributed by atoms with E-state index in [1.807, 2.05) is 13.8 Å². The summed E-state index contributed by atoms with van der Waals surface area (Å²) in [4.78, 5) is 49.2. The van der Waals surface area contributed by atoms with Gasteiger partial charge in [0.15, 0.2) is 0 Å². The van der Waals surface area contributed by atoms with Gasteiger partial charge in [0.1, 0.15) is 17.7 Å². The molecule has 3 N–H and O–H groups in total. The maximum Gasteiger partial charge on any atom is 0.408 e. The smallest absolute Gasteiger partial charge is 0.408 e. The van der Waals surface area contributed by atoms with Gasteiger partial charge in [0.25, 0.3) is 0 Å². The molecule has 0 bridgehead atoms. The Labute approximate surface area is 172 Å². The Hall–Kier alpha value is -2.32. The third-order valence-corrected chi connectivity index (χ3v) is 4.44. The van der Waals surface area contributed by atoms with Gasteiger partial charge in [0, 0.05) is 12.5 Å². The number of alkyl carbamates (subject to hydrolysis) is 1. The van der Waals surface area contributed by atoms with E-state index in [0.717, 1.165) is 6.42 Å². The first-order valence-corrected chi connectivity index (χ1v) is 10.1. The van der Waals surface area contributed by atoms with Crippen LogP contribution in [-0.4, -0.2) is 55.2 Å². The van der Waals surface area contributed by atoms with Crippen LogP contribution in [0.3, 0.4) is 0 Å². The molecule has 1 aliphatic heterocycles. The van der Waals surface area contributed by atoms with Crippen LogP contribution in [0.15, 0.2) is 0 Å². The van der Waals surface area contributed by atoms with Gasteiger partial charge in [0.05, 0.1) is 7.11 Å². The standard InChI is InChI=1S/C20H35N3O6/c1-12(2)10-14(23-19(27)29-20(3,4)5)17(25)22-15(18(26)28-6)11-13-8-7-9-21-16(13)24/h12-15H,7-11H2,1-6H3,(H,21,24)(H,22,25)(H,23,27)/t13?,14-,15-/m0/s1. The molecule has 166 valence electrons. The third-order valence-electron chi connectivity index (χ3n) is 4.44. The van der Waals surface area contributed by atoms with Gasteiger partial charge >= 0.3 is 12.1 Å². The van der Waals surface area contributed by atoms with Crippen molar-refractivity contribution >= 4 is 23.9 Å². The third kappa shape index (κ3) is 9.15. The summed E-state index contributed by atoms with van der Waals surface area (Å²) in [7, 11) is 1.23. The monoisotopic (exact) mass is 413 g/mol. The highest BCUT2D eigenvalue weighted by Gasteiger charge is 2.33. The fourth-order valence-electron chi connectivity index (χ4n) is 3.13. The lowest BCUT2D eigenvalue weighted by molar-refractivity contribution is -0.146. The number of methoxy groups -OCH3 is 1. The summed E-state index contributed by atoms with van der Waals surface area (Å²) in [5, 5.41) is 7.99. The molecule has 0 radical (unpaired) electrons. The zero-order valence-corrected chi connectivity index (χ0v) is 18.3. The predicted octanol–water partition coefficient (Wildman–Crippen LogP) is 1.50. The zero-order valence-electron chi connectivity index (χ0n) is 18.3. The highest BCUT2D eigenvalue weighted by Crippen LogP contribution is 2.18. The molecule has 1 rings (SSSR count). The van der Waals surface area contributed by atoms with Crippen LogP contribution in [-0.2, 0) is 23.9 Å². The minimum absolute atomic E-state index is 0.112. The van der Waals surface area contributed by atoms with Crippen LogP contribution in [0.2, 0.25) is 0 Å². The van der Waals surface area contributed by atoms with Gasteiger partial charge in [0.2, 0.25) is 11.8 Å². The molecule has 29 heavy (non-hydrogen) atoms. The van der Waals surface area contributed by atoms with E-state index in [1.54, 1.807) is 20.8 Å². The van der Waals surface area contributed by atoms with Crippen LogP contribution in [0, 0.1) is 11.8 Å². The fraction of sp³-hybridized carbons (Fsp3) is 0.800. The van der Waals surface area contributed by atoms with Gasteiger partial charge in [-0.25, -0.2) is 9.59 Å². The second-order valence-electron chi connectivity index (χ2n) is 8.78. The summed E-state index contributed by atoms with van der Waals surface area (Å²) < 4.78 is 10.0.